The molecule has 1 heteroatoms. The molecule has 0 amide bonds. The van der Waals surface area contributed by atoms with Crippen molar-refractivity contribution in [1.82, 2.24) is 0 Å². The van der Waals surface area contributed by atoms with E-state index < -0.39 is 0 Å². The molecule has 0 aromatic rings. The summed E-state index contributed by atoms with van der Waals surface area (Å²) >= 11 is 0. The topological polar surface area (TPSA) is 26.0 Å². The van der Waals surface area contributed by atoms with E-state index in [4.69, 9.17) is 5.73 Å². The van der Waals surface area contributed by atoms with Crippen molar-refractivity contribution in [2.24, 2.45) is 17.1 Å². The molecule has 1 nitrogen and oxygen atoms in total. The van der Waals surface area contributed by atoms with Crippen molar-refractivity contribution >= 4 is 0 Å². The van der Waals surface area contributed by atoms with Crippen molar-refractivity contribution in [3.8, 4) is 0 Å². The fourth-order valence-corrected chi connectivity index (χ4v) is 1.73. The number of rotatable bonds is 4. The van der Waals surface area contributed by atoms with Crippen LogP contribution >= 0.6 is 0 Å². The first kappa shape index (κ1) is 12.0. The van der Waals surface area contributed by atoms with E-state index in [1.165, 1.54) is 6.42 Å². The van der Waals surface area contributed by atoms with Crippen LogP contribution in [0.4, 0.5) is 0 Å². The molecule has 2 N–H and O–H groups in total. The molecular weight excluding hydrogens is 146 g/mol. The molecule has 0 spiro atoms. The van der Waals surface area contributed by atoms with Gasteiger partial charge >= 0.3 is 0 Å². The normalized spacial score (nSPS) is 18.0. The molecule has 0 aliphatic rings. The number of nitrogens with two attached hydrogens (primary N) is 1. The van der Waals surface area contributed by atoms with Gasteiger partial charge in [0.25, 0.3) is 0 Å². The molecule has 1 unspecified atom stereocenters. The van der Waals surface area contributed by atoms with Gasteiger partial charge in [0.1, 0.15) is 0 Å². The monoisotopic (exact) mass is 171 g/mol. The summed E-state index contributed by atoms with van der Waals surface area (Å²) in [6, 6.07) is 0. The van der Waals surface area contributed by atoms with E-state index >= 15 is 0 Å². The summed E-state index contributed by atoms with van der Waals surface area (Å²) in [7, 11) is 0. The highest BCUT2D eigenvalue weighted by atomic mass is 14.8. The highest BCUT2D eigenvalue weighted by Gasteiger charge is 2.36. The van der Waals surface area contributed by atoms with E-state index in [2.05, 4.69) is 41.5 Å². The van der Waals surface area contributed by atoms with Crippen LogP contribution in [0.1, 0.15) is 54.4 Å². The van der Waals surface area contributed by atoms with Gasteiger partial charge in [0.15, 0.2) is 0 Å². The molecule has 0 aliphatic heterocycles. The first-order valence-electron chi connectivity index (χ1n) is 5.02. The predicted octanol–water partition coefficient (Wildman–Crippen LogP) is 3.19. The molecule has 74 valence electrons. The summed E-state index contributed by atoms with van der Waals surface area (Å²) in [5.41, 5.74) is 6.46. The van der Waals surface area contributed by atoms with E-state index in [0.29, 0.717) is 0 Å². The third-order valence-corrected chi connectivity index (χ3v) is 3.20. The Kier molecular flexibility index (Phi) is 3.77. The number of hydrogen-bond donors (Lipinski definition) is 1. The maximum atomic E-state index is 6.24. The first-order chi connectivity index (χ1) is 5.23. The molecule has 0 fully saturated rings. The SMILES string of the molecule is CCC(C)(N)C(C)(C)CC(C)C. The molecule has 0 saturated carbocycles. The smallest absolute Gasteiger partial charge is 0.0174 e. The molecule has 0 aliphatic carbocycles. The van der Waals surface area contributed by atoms with Gasteiger partial charge in [-0.2, -0.15) is 0 Å². The molecule has 0 saturated heterocycles. The molecule has 0 rings (SSSR count). The minimum atomic E-state index is -0.0305. The highest BCUT2D eigenvalue weighted by molar-refractivity contribution is 4.93. The van der Waals surface area contributed by atoms with Crippen LogP contribution in [0.2, 0.25) is 0 Å². The van der Waals surface area contributed by atoms with Crippen molar-refractivity contribution in [3.63, 3.8) is 0 Å². The van der Waals surface area contributed by atoms with Gasteiger partial charge in [0.05, 0.1) is 0 Å². The third-order valence-electron chi connectivity index (χ3n) is 3.20. The Bertz CT molecular complexity index is 134. The first-order valence-corrected chi connectivity index (χ1v) is 5.02. The van der Waals surface area contributed by atoms with Gasteiger partial charge in [-0.05, 0) is 31.1 Å². The second kappa shape index (κ2) is 3.78. The van der Waals surface area contributed by atoms with E-state index in [1.54, 1.807) is 0 Å². The Labute approximate surface area is 77.7 Å². The Morgan fingerprint density at radius 3 is 1.83 bits per heavy atom. The van der Waals surface area contributed by atoms with Crippen molar-refractivity contribution in [3.05, 3.63) is 0 Å². The molecule has 12 heavy (non-hydrogen) atoms. The zero-order valence-corrected chi connectivity index (χ0v) is 9.57. The van der Waals surface area contributed by atoms with Crippen molar-refractivity contribution < 1.29 is 0 Å². The van der Waals surface area contributed by atoms with Crippen molar-refractivity contribution in [2.45, 2.75) is 59.9 Å². The maximum absolute atomic E-state index is 6.24. The zero-order chi connectivity index (χ0) is 9.99. The lowest BCUT2D eigenvalue weighted by atomic mass is 9.68. The van der Waals surface area contributed by atoms with E-state index in [9.17, 15) is 0 Å². The Morgan fingerprint density at radius 2 is 1.58 bits per heavy atom. The van der Waals surface area contributed by atoms with Crippen LogP contribution < -0.4 is 5.73 Å². The van der Waals surface area contributed by atoms with E-state index in [1.807, 2.05) is 0 Å². The second-order valence-corrected chi connectivity index (χ2v) is 5.25. The Hall–Kier alpha value is -0.0400. The van der Waals surface area contributed by atoms with Gasteiger partial charge in [-0.15, -0.1) is 0 Å². The number of hydrogen-bond acceptors (Lipinski definition) is 1. The lowest BCUT2D eigenvalue weighted by Crippen LogP contribution is -2.50. The van der Waals surface area contributed by atoms with Crippen molar-refractivity contribution in [2.75, 3.05) is 0 Å². The molecule has 0 heterocycles. The fourth-order valence-electron chi connectivity index (χ4n) is 1.73. The second-order valence-electron chi connectivity index (χ2n) is 5.25. The molecule has 0 aromatic heterocycles. The van der Waals surface area contributed by atoms with E-state index in [0.717, 1.165) is 12.3 Å². The minimum Gasteiger partial charge on any atom is -0.325 e. The highest BCUT2D eigenvalue weighted by Crippen LogP contribution is 2.36. The summed E-state index contributed by atoms with van der Waals surface area (Å²) in [5, 5.41) is 0. The van der Waals surface area contributed by atoms with Crippen LogP contribution in [-0.2, 0) is 0 Å². The van der Waals surface area contributed by atoms with E-state index in [-0.39, 0.29) is 11.0 Å². The Morgan fingerprint density at radius 1 is 1.17 bits per heavy atom. The molecule has 1 atom stereocenters. The van der Waals surface area contributed by atoms with Gasteiger partial charge in [-0.3, -0.25) is 0 Å². The summed E-state index contributed by atoms with van der Waals surface area (Å²) in [4.78, 5) is 0. The summed E-state index contributed by atoms with van der Waals surface area (Å²) in [5.74, 6) is 0.731. The van der Waals surface area contributed by atoms with Gasteiger partial charge < -0.3 is 5.73 Å². The van der Waals surface area contributed by atoms with Gasteiger partial charge in [-0.25, -0.2) is 0 Å². The average molecular weight is 171 g/mol. The maximum Gasteiger partial charge on any atom is 0.0174 e. The molecule has 0 radical (unpaired) electrons. The lowest BCUT2D eigenvalue weighted by molar-refractivity contribution is 0.142. The quantitative estimate of drug-likeness (QED) is 0.690. The van der Waals surface area contributed by atoms with Crippen LogP contribution in [0.3, 0.4) is 0 Å². The van der Waals surface area contributed by atoms with Crippen LogP contribution in [0.25, 0.3) is 0 Å². The standard InChI is InChI=1S/C11H25N/c1-7-11(6,12)10(4,5)8-9(2)3/h9H,7-8,12H2,1-6H3. The molecule has 0 bridgehead atoms. The predicted molar refractivity (Wildman–Crippen MR) is 56.1 cm³/mol. The minimum absolute atomic E-state index is 0.0305. The summed E-state index contributed by atoms with van der Waals surface area (Å²) in [6.45, 7) is 13.4. The van der Waals surface area contributed by atoms with Gasteiger partial charge in [0.2, 0.25) is 0 Å². The third kappa shape index (κ3) is 2.78. The summed E-state index contributed by atoms with van der Waals surface area (Å²) < 4.78 is 0. The van der Waals surface area contributed by atoms with Gasteiger partial charge in [-0.1, -0.05) is 34.6 Å². The Balaban J connectivity index is 4.37. The van der Waals surface area contributed by atoms with Crippen LogP contribution in [0.15, 0.2) is 0 Å². The van der Waals surface area contributed by atoms with Crippen LogP contribution in [0, 0.1) is 11.3 Å². The average Bonchev–Trinajstić information content (AvgIpc) is 1.84. The summed E-state index contributed by atoms with van der Waals surface area (Å²) in [6.07, 6.45) is 2.25. The van der Waals surface area contributed by atoms with Crippen LogP contribution in [-0.4, -0.2) is 5.54 Å². The van der Waals surface area contributed by atoms with Crippen molar-refractivity contribution in [1.29, 1.82) is 0 Å². The van der Waals surface area contributed by atoms with Crippen LogP contribution in [0.5, 0.6) is 0 Å². The fraction of sp³-hybridized carbons (Fsp3) is 1.00. The zero-order valence-electron chi connectivity index (χ0n) is 9.57. The lowest BCUT2D eigenvalue weighted by Gasteiger charge is -2.42. The van der Waals surface area contributed by atoms with Gasteiger partial charge in [0, 0.05) is 5.54 Å². The molecule has 0 aromatic carbocycles. The largest absolute Gasteiger partial charge is 0.325 e. The molecular formula is C11H25N.